The first-order chi connectivity index (χ1) is 7.77. The summed E-state index contributed by atoms with van der Waals surface area (Å²) in [6, 6.07) is 1.08. The van der Waals surface area contributed by atoms with Gasteiger partial charge in [0.25, 0.3) is 0 Å². The minimum Gasteiger partial charge on any atom is -0.381 e. The monoisotopic (exact) mass is 226 g/mol. The van der Waals surface area contributed by atoms with Crippen LogP contribution >= 0.6 is 0 Å². The molecule has 0 aromatic carbocycles. The van der Waals surface area contributed by atoms with Crippen LogP contribution in [0.5, 0.6) is 0 Å². The van der Waals surface area contributed by atoms with Gasteiger partial charge in [-0.15, -0.1) is 0 Å². The first-order valence-corrected chi connectivity index (χ1v) is 6.81. The van der Waals surface area contributed by atoms with Gasteiger partial charge in [0.2, 0.25) is 0 Å². The number of hydrogen-bond acceptors (Lipinski definition) is 3. The normalized spacial score (nSPS) is 29.8. The number of rotatable bonds is 4. The Morgan fingerprint density at radius 1 is 1.25 bits per heavy atom. The van der Waals surface area contributed by atoms with Gasteiger partial charge in [-0.25, -0.2) is 0 Å². The van der Waals surface area contributed by atoms with Crippen molar-refractivity contribution in [3.05, 3.63) is 0 Å². The molecule has 0 amide bonds. The number of hydrogen-bond donors (Lipinski definition) is 1. The van der Waals surface area contributed by atoms with Crippen molar-refractivity contribution in [2.45, 2.75) is 50.6 Å². The first-order valence-electron chi connectivity index (χ1n) is 6.81. The zero-order chi connectivity index (χ0) is 11.4. The lowest BCUT2D eigenvalue weighted by Crippen LogP contribution is -2.45. The van der Waals surface area contributed by atoms with Gasteiger partial charge in [0.15, 0.2) is 0 Å². The zero-order valence-corrected chi connectivity index (χ0v) is 10.5. The van der Waals surface area contributed by atoms with Crippen LogP contribution in [0.2, 0.25) is 0 Å². The molecule has 1 heterocycles. The summed E-state index contributed by atoms with van der Waals surface area (Å²) in [4.78, 5) is 2.49. The van der Waals surface area contributed by atoms with Gasteiger partial charge in [-0.2, -0.15) is 0 Å². The molecule has 2 aliphatic rings. The van der Waals surface area contributed by atoms with Crippen LogP contribution in [0.3, 0.4) is 0 Å². The van der Waals surface area contributed by atoms with Crippen LogP contribution in [-0.4, -0.2) is 43.8 Å². The van der Waals surface area contributed by atoms with Crippen LogP contribution < -0.4 is 5.73 Å². The molecule has 0 aromatic rings. The average molecular weight is 226 g/mol. The maximum Gasteiger partial charge on any atom is 0.0510 e. The van der Waals surface area contributed by atoms with Crippen molar-refractivity contribution in [2.75, 3.05) is 26.8 Å². The highest BCUT2D eigenvalue weighted by molar-refractivity contribution is 4.82. The molecule has 16 heavy (non-hydrogen) atoms. The highest BCUT2D eigenvalue weighted by Gasteiger charge is 2.26. The molecule has 3 heteroatoms. The summed E-state index contributed by atoms with van der Waals surface area (Å²) in [7, 11) is 2.24. The van der Waals surface area contributed by atoms with Gasteiger partial charge < -0.3 is 15.4 Å². The van der Waals surface area contributed by atoms with E-state index in [9.17, 15) is 0 Å². The summed E-state index contributed by atoms with van der Waals surface area (Å²) in [5, 5.41) is 0. The quantitative estimate of drug-likeness (QED) is 0.791. The Bertz CT molecular complexity index is 198. The summed E-state index contributed by atoms with van der Waals surface area (Å²) < 4.78 is 5.41. The van der Waals surface area contributed by atoms with Crippen molar-refractivity contribution in [2.24, 2.45) is 11.7 Å². The fourth-order valence-corrected chi connectivity index (χ4v) is 3.04. The van der Waals surface area contributed by atoms with Gasteiger partial charge in [-0.05, 0) is 26.3 Å². The smallest absolute Gasteiger partial charge is 0.0510 e. The lowest BCUT2D eigenvalue weighted by atomic mass is 9.93. The molecule has 0 aromatic heterocycles. The van der Waals surface area contributed by atoms with Crippen molar-refractivity contribution in [3.8, 4) is 0 Å². The van der Waals surface area contributed by atoms with E-state index in [2.05, 4.69) is 11.9 Å². The zero-order valence-electron chi connectivity index (χ0n) is 10.5. The Hall–Kier alpha value is -0.120. The molecular formula is C13H26N2O. The predicted octanol–water partition coefficient (Wildman–Crippen LogP) is 1.61. The van der Waals surface area contributed by atoms with Gasteiger partial charge in [0.05, 0.1) is 6.61 Å². The minimum absolute atomic E-state index is 0.300. The first kappa shape index (κ1) is 12.3. The molecule has 2 fully saturated rings. The maximum absolute atomic E-state index is 6.26. The van der Waals surface area contributed by atoms with Crippen molar-refractivity contribution >= 4 is 0 Å². The van der Waals surface area contributed by atoms with E-state index in [1.807, 2.05) is 0 Å². The number of ether oxygens (including phenoxy) is 1. The van der Waals surface area contributed by atoms with Crippen LogP contribution in [0.15, 0.2) is 0 Å². The second-order valence-corrected chi connectivity index (χ2v) is 5.52. The third kappa shape index (κ3) is 3.19. The Labute approximate surface area is 99.3 Å². The van der Waals surface area contributed by atoms with E-state index in [0.717, 1.165) is 32.2 Å². The fraction of sp³-hybridized carbons (Fsp3) is 1.00. The molecule has 2 atom stereocenters. The number of likely N-dealkylation sites (N-methyl/N-ethyl adjacent to an activating group) is 1. The summed E-state index contributed by atoms with van der Waals surface area (Å²) in [6.45, 7) is 2.82. The molecular weight excluding hydrogens is 200 g/mol. The van der Waals surface area contributed by atoms with E-state index in [-0.39, 0.29) is 0 Å². The molecule has 1 aliphatic carbocycles. The van der Waals surface area contributed by atoms with E-state index in [1.54, 1.807) is 0 Å². The van der Waals surface area contributed by atoms with Crippen molar-refractivity contribution in [3.63, 3.8) is 0 Å². The summed E-state index contributed by atoms with van der Waals surface area (Å²) >= 11 is 0. The summed E-state index contributed by atoms with van der Waals surface area (Å²) in [5.41, 5.74) is 6.26. The summed E-state index contributed by atoms with van der Waals surface area (Å²) in [6.07, 6.45) is 8.11. The average Bonchev–Trinajstić information content (AvgIpc) is 2.83. The van der Waals surface area contributed by atoms with Crippen LogP contribution in [-0.2, 0) is 4.74 Å². The third-order valence-electron chi connectivity index (χ3n) is 4.27. The van der Waals surface area contributed by atoms with Gasteiger partial charge in [0.1, 0.15) is 0 Å². The Morgan fingerprint density at radius 2 is 2.00 bits per heavy atom. The molecule has 1 saturated carbocycles. The standard InChI is InChI=1S/C13H26N2O/c1-15(12-5-3-2-4-6-12)9-13(14)11-7-8-16-10-11/h11-13H,2-10,14H2,1H3. The topological polar surface area (TPSA) is 38.5 Å². The van der Waals surface area contributed by atoms with E-state index >= 15 is 0 Å². The second kappa shape index (κ2) is 5.99. The molecule has 2 unspecified atom stereocenters. The van der Waals surface area contributed by atoms with Crippen LogP contribution in [0.1, 0.15) is 38.5 Å². The van der Waals surface area contributed by atoms with Crippen LogP contribution in [0.4, 0.5) is 0 Å². The van der Waals surface area contributed by atoms with E-state index in [0.29, 0.717) is 12.0 Å². The highest BCUT2D eigenvalue weighted by Crippen LogP contribution is 2.23. The van der Waals surface area contributed by atoms with Gasteiger partial charge in [0, 0.05) is 31.2 Å². The SMILES string of the molecule is CN(CC(N)C1CCOC1)C1CCCCC1. The van der Waals surface area contributed by atoms with Crippen molar-refractivity contribution < 1.29 is 4.74 Å². The lowest BCUT2D eigenvalue weighted by molar-refractivity contribution is 0.151. The Kier molecular flexibility index (Phi) is 4.62. The van der Waals surface area contributed by atoms with Crippen LogP contribution in [0, 0.1) is 5.92 Å². The largest absolute Gasteiger partial charge is 0.381 e. The van der Waals surface area contributed by atoms with Crippen LogP contribution in [0.25, 0.3) is 0 Å². The molecule has 94 valence electrons. The summed E-state index contributed by atoms with van der Waals surface area (Å²) in [5.74, 6) is 0.589. The molecule has 1 saturated heterocycles. The lowest BCUT2D eigenvalue weighted by Gasteiger charge is -2.34. The van der Waals surface area contributed by atoms with Crippen molar-refractivity contribution in [1.29, 1.82) is 0 Å². The maximum atomic E-state index is 6.26. The van der Waals surface area contributed by atoms with E-state index in [4.69, 9.17) is 10.5 Å². The molecule has 2 N–H and O–H groups in total. The third-order valence-corrected chi connectivity index (χ3v) is 4.27. The molecule has 1 aliphatic heterocycles. The van der Waals surface area contributed by atoms with E-state index in [1.165, 1.54) is 32.1 Å². The Balaban J connectivity index is 1.74. The molecule has 2 rings (SSSR count). The van der Waals surface area contributed by atoms with Gasteiger partial charge >= 0.3 is 0 Å². The Morgan fingerprint density at radius 3 is 2.62 bits per heavy atom. The van der Waals surface area contributed by atoms with Gasteiger partial charge in [-0.1, -0.05) is 19.3 Å². The number of nitrogens with zero attached hydrogens (tertiary/aromatic N) is 1. The molecule has 3 nitrogen and oxygen atoms in total. The highest BCUT2D eigenvalue weighted by atomic mass is 16.5. The molecule has 0 spiro atoms. The fourth-order valence-electron chi connectivity index (χ4n) is 3.04. The second-order valence-electron chi connectivity index (χ2n) is 5.52. The van der Waals surface area contributed by atoms with Gasteiger partial charge in [-0.3, -0.25) is 0 Å². The molecule has 0 bridgehead atoms. The minimum atomic E-state index is 0.300. The predicted molar refractivity (Wildman–Crippen MR) is 66.4 cm³/mol. The number of nitrogens with two attached hydrogens (primary N) is 1. The molecule has 0 radical (unpaired) electrons. The van der Waals surface area contributed by atoms with E-state index < -0.39 is 0 Å². The van der Waals surface area contributed by atoms with Crippen molar-refractivity contribution in [1.82, 2.24) is 4.90 Å².